The molecule has 56 valence electrons. The second-order valence-corrected chi connectivity index (χ2v) is 5.23. The van der Waals surface area contributed by atoms with Gasteiger partial charge in [0, 0.05) is 0 Å². The lowest BCUT2D eigenvalue weighted by atomic mass is 10.6. The summed E-state index contributed by atoms with van der Waals surface area (Å²) in [6.45, 7) is 1.91. The van der Waals surface area contributed by atoms with E-state index in [0.29, 0.717) is 5.75 Å². The van der Waals surface area contributed by atoms with Crippen molar-refractivity contribution in [1.29, 1.82) is 0 Å². The van der Waals surface area contributed by atoms with Gasteiger partial charge in [0.25, 0.3) is 0 Å². The maximum Gasteiger partial charge on any atom is 0.354 e. The van der Waals surface area contributed by atoms with Crippen LogP contribution in [0.25, 0.3) is 0 Å². The summed E-state index contributed by atoms with van der Waals surface area (Å²) in [6, 6.07) is 0. The van der Waals surface area contributed by atoms with E-state index in [4.69, 9.17) is 5.11 Å². The average molecular weight is 158 g/mol. The van der Waals surface area contributed by atoms with Gasteiger partial charge in [-0.15, -0.1) is 10.0 Å². The second-order valence-electron chi connectivity index (χ2n) is 2.06. The van der Waals surface area contributed by atoms with Gasteiger partial charge in [0.2, 0.25) is 0 Å². The Morgan fingerprint density at radius 3 is 2.20 bits per heavy atom. The summed E-state index contributed by atoms with van der Waals surface area (Å²) in [5.41, 5.74) is 0. The SMILES string of the molecule is CCS1(C(=O)O)C=CC=C1. The molecule has 0 aromatic rings. The summed E-state index contributed by atoms with van der Waals surface area (Å²) in [5, 5.41) is 11.7. The molecular formula is C7H10O2S. The summed E-state index contributed by atoms with van der Waals surface area (Å²) >= 11 is 0. The fourth-order valence-corrected chi connectivity index (χ4v) is 2.55. The van der Waals surface area contributed by atoms with Crippen LogP contribution in [0.15, 0.2) is 23.0 Å². The zero-order valence-electron chi connectivity index (χ0n) is 5.78. The Morgan fingerprint density at radius 1 is 1.50 bits per heavy atom. The van der Waals surface area contributed by atoms with Crippen molar-refractivity contribution in [3.05, 3.63) is 23.0 Å². The maximum absolute atomic E-state index is 10.7. The van der Waals surface area contributed by atoms with E-state index in [2.05, 4.69) is 0 Å². The topological polar surface area (TPSA) is 37.3 Å². The van der Waals surface area contributed by atoms with Crippen molar-refractivity contribution in [2.75, 3.05) is 5.75 Å². The molecule has 0 fully saturated rings. The Labute approximate surface area is 61.6 Å². The van der Waals surface area contributed by atoms with Crippen LogP contribution in [-0.2, 0) is 0 Å². The number of carbonyl (C=O) groups is 1. The molecule has 0 bridgehead atoms. The molecule has 0 saturated heterocycles. The lowest BCUT2D eigenvalue weighted by molar-refractivity contribution is 0.221. The predicted molar refractivity (Wildman–Crippen MR) is 44.4 cm³/mol. The van der Waals surface area contributed by atoms with E-state index >= 15 is 0 Å². The molecular weight excluding hydrogens is 148 g/mol. The van der Waals surface area contributed by atoms with Crippen LogP contribution in [0.4, 0.5) is 4.79 Å². The molecule has 0 aromatic carbocycles. The summed E-state index contributed by atoms with van der Waals surface area (Å²) in [6.07, 6.45) is 3.62. The number of allylic oxidation sites excluding steroid dienone is 2. The molecule has 0 aromatic heterocycles. The lowest BCUT2D eigenvalue weighted by Gasteiger charge is -2.22. The third-order valence-electron chi connectivity index (χ3n) is 1.56. The molecule has 0 saturated carbocycles. The third-order valence-corrected chi connectivity index (χ3v) is 4.45. The van der Waals surface area contributed by atoms with E-state index in [0.717, 1.165) is 0 Å². The molecule has 1 N–H and O–H groups in total. The highest BCUT2D eigenvalue weighted by atomic mass is 32.3. The molecule has 10 heavy (non-hydrogen) atoms. The van der Waals surface area contributed by atoms with Crippen LogP contribution in [0.2, 0.25) is 0 Å². The zero-order chi connectivity index (χ0) is 7.61. The van der Waals surface area contributed by atoms with Crippen LogP contribution >= 0.6 is 10.0 Å². The van der Waals surface area contributed by atoms with Gasteiger partial charge in [-0.2, -0.15) is 0 Å². The van der Waals surface area contributed by atoms with Gasteiger partial charge in [0.1, 0.15) is 0 Å². The normalized spacial score (nSPS) is 22.9. The molecule has 2 nitrogen and oxygen atoms in total. The van der Waals surface area contributed by atoms with Gasteiger partial charge in [-0.3, -0.25) is 0 Å². The molecule has 1 heterocycles. The van der Waals surface area contributed by atoms with Crippen LogP contribution in [0.1, 0.15) is 6.92 Å². The molecule has 0 radical (unpaired) electrons. The van der Waals surface area contributed by atoms with Crippen molar-refractivity contribution < 1.29 is 9.90 Å². The molecule has 1 rings (SSSR count). The molecule has 0 amide bonds. The maximum atomic E-state index is 10.7. The number of rotatable bonds is 1. The molecule has 0 spiro atoms. The van der Waals surface area contributed by atoms with Crippen LogP contribution in [-0.4, -0.2) is 16.2 Å². The quantitative estimate of drug-likeness (QED) is 0.636. The fourth-order valence-electron chi connectivity index (χ4n) is 0.849. The van der Waals surface area contributed by atoms with Crippen molar-refractivity contribution in [3.8, 4) is 0 Å². The first-order chi connectivity index (χ1) is 4.71. The van der Waals surface area contributed by atoms with Crippen molar-refractivity contribution in [3.63, 3.8) is 0 Å². The van der Waals surface area contributed by atoms with Crippen molar-refractivity contribution in [2.45, 2.75) is 6.92 Å². The minimum absolute atomic E-state index is 0.681. The Morgan fingerprint density at radius 2 is 2.00 bits per heavy atom. The molecule has 0 unspecified atom stereocenters. The van der Waals surface area contributed by atoms with Gasteiger partial charge < -0.3 is 5.11 Å². The standard InChI is InChI=1S/C7H10O2S/c1-2-10(7(8)9)5-3-4-6-10/h3-6H,2H2,1H3,(H,8,9). The predicted octanol–water partition coefficient (Wildman–Crippen LogP) is 2.53. The van der Waals surface area contributed by atoms with Crippen molar-refractivity contribution in [1.82, 2.24) is 0 Å². The summed E-state index contributed by atoms with van der Waals surface area (Å²) in [7, 11) is -1.56. The van der Waals surface area contributed by atoms with Gasteiger partial charge in [-0.1, -0.05) is 19.1 Å². The minimum atomic E-state index is -1.56. The summed E-state index contributed by atoms with van der Waals surface area (Å²) in [4.78, 5) is 10.7. The molecule has 1 aliphatic rings. The number of carboxylic acid groups (broad SMARTS) is 1. The van der Waals surface area contributed by atoms with Crippen LogP contribution in [0.5, 0.6) is 0 Å². The highest BCUT2D eigenvalue weighted by molar-refractivity contribution is 8.49. The van der Waals surface area contributed by atoms with Crippen LogP contribution in [0, 0.1) is 0 Å². The van der Waals surface area contributed by atoms with Gasteiger partial charge in [0.15, 0.2) is 0 Å². The van der Waals surface area contributed by atoms with Crippen molar-refractivity contribution in [2.24, 2.45) is 0 Å². The van der Waals surface area contributed by atoms with E-state index in [1.807, 2.05) is 19.1 Å². The Balaban J connectivity index is 2.90. The van der Waals surface area contributed by atoms with Crippen LogP contribution in [0.3, 0.4) is 0 Å². The molecule has 0 atom stereocenters. The third kappa shape index (κ3) is 0.968. The van der Waals surface area contributed by atoms with E-state index < -0.39 is 15.3 Å². The monoisotopic (exact) mass is 158 g/mol. The summed E-state index contributed by atoms with van der Waals surface area (Å²) < 4.78 is 0. The van der Waals surface area contributed by atoms with E-state index in [9.17, 15) is 4.79 Å². The Hall–Kier alpha value is -0.700. The first-order valence-electron chi connectivity index (χ1n) is 3.10. The molecule has 3 heteroatoms. The number of hydrogen-bond donors (Lipinski definition) is 1. The lowest BCUT2D eigenvalue weighted by Crippen LogP contribution is -2.05. The average Bonchev–Trinajstić information content (AvgIpc) is 2.35. The van der Waals surface area contributed by atoms with Crippen molar-refractivity contribution >= 4 is 15.3 Å². The number of hydrogen-bond acceptors (Lipinski definition) is 1. The smallest absolute Gasteiger partial charge is 0.354 e. The highest BCUT2D eigenvalue weighted by Gasteiger charge is 2.25. The second kappa shape index (κ2) is 2.50. The highest BCUT2D eigenvalue weighted by Crippen LogP contribution is 2.53. The van der Waals surface area contributed by atoms with Crippen LogP contribution < -0.4 is 0 Å². The van der Waals surface area contributed by atoms with Gasteiger partial charge >= 0.3 is 5.30 Å². The van der Waals surface area contributed by atoms with Gasteiger partial charge in [-0.05, 0) is 16.6 Å². The van der Waals surface area contributed by atoms with E-state index in [1.165, 1.54) is 0 Å². The van der Waals surface area contributed by atoms with Gasteiger partial charge in [0.05, 0.1) is 0 Å². The van der Waals surface area contributed by atoms with E-state index in [1.54, 1.807) is 10.8 Å². The Bertz CT molecular complexity index is 194. The zero-order valence-corrected chi connectivity index (χ0v) is 6.60. The fraction of sp³-hybridized carbons (Fsp3) is 0.286. The Kier molecular flexibility index (Phi) is 1.85. The largest absolute Gasteiger partial charge is 0.474 e. The molecule has 1 aliphatic heterocycles. The van der Waals surface area contributed by atoms with E-state index in [-0.39, 0.29) is 0 Å². The summed E-state index contributed by atoms with van der Waals surface area (Å²) in [5.74, 6) is 0.704. The first-order valence-corrected chi connectivity index (χ1v) is 5.03. The minimum Gasteiger partial charge on any atom is -0.474 e. The first kappa shape index (κ1) is 7.41. The van der Waals surface area contributed by atoms with Gasteiger partial charge in [-0.25, -0.2) is 4.79 Å². The molecule has 0 aliphatic carbocycles.